The Labute approximate surface area is 93.4 Å². The number of nitrogens with zero attached hydrogens (tertiary/aromatic N) is 1. The summed E-state index contributed by atoms with van der Waals surface area (Å²) in [7, 11) is 0. The number of ketones is 1. The fourth-order valence-corrected chi connectivity index (χ4v) is 1.53. The van der Waals surface area contributed by atoms with Crippen molar-refractivity contribution in [3.8, 4) is 17.6 Å². The molecule has 0 aliphatic carbocycles. The average Bonchev–Trinajstić information content (AvgIpc) is 2.35. The molecule has 2 rings (SSSR count). The van der Waals surface area contributed by atoms with Crippen molar-refractivity contribution >= 4 is 5.78 Å². The Balaban J connectivity index is 2.17. The molecule has 0 bridgehead atoms. The second-order valence-electron chi connectivity index (χ2n) is 3.44. The lowest BCUT2D eigenvalue weighted by Gasteiger charge is -2.18. The van der Waals surface area contributed by atoms with Crippen LogP contribution in [0.25, 0.3) is 0 Å². The summed E-state index contributed by atoms with van der Waals surface area (Å²) < 4.78 is 10.7. The van der Waals surface area contributed by atoms with E-state index in [9.17, 15) is 4.79 Å². The van der Waals surface area contributed by atoms with Crippen molar-refractivity contribution in [2.75, 3.05) is 13.2 Å². The summed E-state index contributed by atoms with van der Waals surface area (Å²) in [6, 6.07) is 7.06. The van der Waals surface area contributed by atoms with E-state index in [2.05, 4.69) is 0 Å². The summed E-state index contributed by atoms with van der Waals surface area (Å²) >= 11 is 0. The number of carbonyl (C=O) groups excluding carboxylic acids is 1. The van der Waals surface area contributed by atoms with Gasteiger partial charge in [-0.05, 0) is 18.2 Å². The zero-order chi connectivity index (χ0) is 11.4. The molecular weight excluding hydrogens is 206 g/mol. The minimum absolute atomic E-state index is 0.0430. The zero-order valence-electron chi connectivity index (χ0n) is 8.73. The van der Waals surface area contributed by atoms with Crippen LogP contribution in [0.1, 0.15) is 23.2 Å². The van der Waals surface area contributed by atoms with Crippen molar-refractivity contribution in [1.29, 1.82) is 5.26 Å². The number of Topliss-reactive ketones (excluding diaryl/α,β-unsaturated/α-hetero) is 1. The highest BCUT2D eigenvalue weighted by Gasteiger charge is 2.14. The van der Waals surface area contributed by atoms with Crippen molar-refractivity contribution in [3.63, 3.8) is 0 Å². The number of hydrogen-bond acceptors (Lipinski definition) is 4. The Kier molecular flexibility index (Phi) is 3.06. The van der Waals surface area contributed by atoms with E-state index >= 15 is 0 Å². The van der Waals surface area contributed by atoms with Crippen LogP contribution in [0.4, 0.5) is 0 Å². The monoisotopic (exact) mass is 217 g/mol. The highest BCUT2D eigenvalue weighted by Crippen LogP contribution is 2.31. The van der Waals surface area contributed by atoms with Crippen molar-refractivity contribution in [3.05, 3.63) is 23.8 Å². The molecule has 82 valence electrons. The predicted molar refractivity (Wildman–Crippen MR) is 56.6 cm³/mol. The van der Waals surface area contributed by atoms with Gasteiger partial charge in [-0.3, -0.25) is 4.79 Å². The van der Waals surface area contributed by atoms with Gasteiger partial charge < -0.3 is 9.47 Å². The number of carbonyl (C=O) groups is 1. The van der Waals surface area contributed by atoms with Gasteiger partial charge in [0, 0.05) is 18.4 Å². The molecule has 4 nitrogen and oxygen atoms in total. The first kappa shape index (κ1) is 10.5. The number of rotatable bonds is 3. The Hall–Kier alpha value is -2.02. The third-order valence-corrected chi connectivity index (χ3v) is 2.33. The second-order valence-corrected chi connectivity index (χ2v) is 3.44. The van der Waals surface area contributed by atoms with Gasteiger partial charge in [-0.1, -0.05) is 0 Å². The molecule has 1 aliphatic rings. The van der Waals surface area contributed by atoms with Gasteiger partial charge in [-0.2, -0.15) is 5.26 Å². The van der Waals surface area contributed by atoms with E-state index in [1.165, 1.54) is 0 Å². The molecule has 0 saturated carbocycles. The van der Waals surface area contributed by atoms with Gasteiger partial charge in [0.05, 0.1) is 6.07 Å². The van der Waals surface area contributed by atoms with Gasteiger partial charge in [0.25, 0.3) is 0 Å². The minimum atomic E-state index is -0.0430. The number of fused-ring (bicyclic) bond motifs is 1. The van der Waals surface area contributed by atoms with Crippen molar-refractivity contribution in [1.82, 2.24) is 0 Å². The number of ether oxygens (including phenoxy) is 2. The largest absolute Gasteiger partial charge is 0.486 e. The van der Waals surface area contributed by atoms with Crippen molar-refractivity contribution in [2.45, 2.75) is 12.8 Å². The molecular formula is C12H11NO3. The Morgan fingerprint density at radius 1 is 1.31 bits per heavy atom. The van der Waals surface area contributed by atoms with Crippen molar-refractivity contribution < 1.29 is 14.3 Å². The van der Waals surface area contributed by atoms with E-state index in [4.69, 9.17) is 14.7 Å². The number of nitriles is 1. The van der Waals surface area contributed by atoms with Crippen LogP contribution in [0.3, 0.4) is 0 Å². The van der Waals surface area contributed by atoms with Crippen molar-refractivity contribution in [2.24, 2.45) is 0 Å². The van der Waals surface area contributed by atoms with Crippen LogP contribution in [0.5, 0.6) is 11.5 Å². The van der Waals surface area contributed by atoms with E-state index in [0.29, 0.717) is 30.3 Å². The van der Waals surface area contributed by atoms with Crippen LogP contribution in [0.15, 0.2) is 18.2 Å². The average molecular weight is 217 g/mol. The lowest BCUT2D eigenvalue weighted by atomic mass is 10.1. The smallest absolute Gasteiger partial charge is 0.164 e. The molecule has 0 fully saturated rings. The molecule has 1 heterocycles. The maximum Gasteiger partial charge on any atom is 0.164 e. The predicted octanol–water partition coefficient (Wildman–Crippen LogP) is 1.94. The molecule has 1 aliphatic heterocycles. The van der Waals surface area contributed by atoms with Gasteiger partial charge in [0.1, 0.15) is 13.2 Å². The van der Waals surface area contributed by atoms with Crippen LogP contribution in [0, 0.1) is 11.3 Å². The van der Waals surface area contributed by atoms with Gasteiger partial charge in [-0.25, -0.2) is 0 Å². The second kappa shape index (κ2) is 4.67. The topological polar surface area (TPSA) is 59.3 Å². The summed E-state index contributed by atoms with van der Waals surface area (Å²) in [5.41, 5.74) is 0.569. The molecule has 4 heteroatoms. The molecule has 0 saturated heterocycles. The third kappa shape index (κ3) is 2.14. The molecule has 1 aromatic rings. The summed E-state index contributed by atoms with van der Waals surface area (Å²) in [5, 5.41) is 8.41. The maximum absolute atomic E-state index is 11.6. The van der Waals surface area contributed by atoms with Gasteiger partial charge in [0.2, 0.25) is 0 Å². The molecule has 0 amide bonds. The first-order chi connectivity index (χ1) is 7.81. The van der Waals surface area contributed by atoms with Crippen LogP contribution >= 0.6 is 0 Å². The van der Waals surface area contributed by atoms with Crippen LogP contribution < -0.4 is 9.47 Å². The Morgan fingerprint density at radius 2 is 2.06 bits per heavy atom. The Bertz CT molecular complexity index is 448. The maximum atomic E-state index is 11.6. The first-order valence-corrected chi connectivity index (χ1v) is 5.11. The highest BCUT2D eigenvalue weighted by molar-refractivity contribution is 5.96. The fraction of sp³-hybridized carbons (Fsp3) is 0.333. The highest BCUT2D eigenvalue weighted by atomic mass is 16.6. The Morgan fingerprint density at radius 3 is 2.81 bits per heavy atom. The lowest BCUT2D eigenvalue weighted by Crippen LogP contribution is -2.15. The summed E-state index contributed by atoms with van der Waals surface area (Å²) in [6.07, 6.45) is 0.490. The first-order valence-electron chi connectivity index (χ1n) is 5.11. The van der Waals surface area contributed by atoms with Crippen LogP contribution in [0.2, 0.25) is 0 Å². The van der Waals surface area contributed by atoms with E-state index in [-0.39, 0.29) is 18.6 Å². The van der Waals surface area contributed by atoms with Crippen LogP contribution in [-0.2, 0) is 0 Å². The summed E-state index contributed by atoms with van der Waals surface area (Å²) in [6.45, 7) is 1.04. The SMILES string of the molecule is N#CCCC(=O)c1ccc2c(c1)OCCO2. The summed E-state index contributed by atoms with van der Waals surface area (Å²) in [5.74, 6) is 1.23. The minimum Gasteiger partial charge on any atom is -0.486 e. The van der Waals surface area contributed by atoms with Gasteiger partial charge in [-0.15, -0.1) is 0 Å². The lowest BCUT2D eigenvalue weighted by molar-refractivity contribution is 0.0983. The fourth-order valence-electron chi connectivity index (χ4n) is 1.53. The molecule has 0 aromatic heterocycles. The quantitative estimate of drug-likeness (QED) is 0.726. The molecule has 0 atom stereocenters. The van der Waals surface area contributed by atoms with E-state index in [1.807, 2.05) is 6.07 Å². The number of benzene rings is 1. The van der Waals surface area contributed by atoms with Gasteiger partial charge in [0.15, 0.2) is 17.3 Å². The number of hydrogen-bond donors (Lipinski definition) is 0. The van der Waals surface area contributed by atoms with E-state index in [1.54, 1.807) is 18.2 Å². The van der Waals surface area contributed by atoms with Crippen LogP contribution in [-0.4, -0.2) is 19.0 Å². The molecule has 0 spiro atoms. The van der Waals surface area contributed by atoms with E-state index in [0.717, 1.165) is 0 Å². The molecule has 0 radical (unpaired) electrons. The summed E-state index contributed by atoms with van der Waals surface area (Å²) in [4.78, 5) is 11.6. The van der Waals surface area contributed by atoms with Gasteiger partial charge >= 0.3 is 0 Å². The molecule has 0 N–H and O–H groups in total. The standard InChI is InChI=1S/C12H11NO3/c13-5-1-2-10(14)9-3-4-11-12(8-9)16-7-6-15-11/h3-4,8H,1-2,6-7H2. The third-order valence-electron chi connectivity index (χ3n) is 2.33. The normalized spacial score (nSPS) is 12.9. The molecule has 1 aromatic carbocycles. The molecule has 0 unspecified atom stereocenters. The zero-order valence-corrected chi connectivity index (χ0v) is 8.73. The van der Waals surface area contributed by atoms with E-state index < -0.39 is 0 Å². The molecule has 16 heavy (non-hydrogen) atoms.